The number of hydrogen-bond acceptors (Lipinski definition) is 3. The van der Waals surface area contributed by atoms with Crippen molar-refractivity contribution < 1.29 is 18.3 Å². The monoisotopic (exact) mass is 274 g/mol. The Kier molecular flexibility index (Phi) is 4.53. The maximum absolute atomic E-state index is 12.2. The fraction of sp³-hybridized carbons (Fsp3) is 0.545. The van der Waals surface area contributed by atoms with E-state index in [1.54, 1.807) is 6.92 Å². The number of carbonyl (C=O) groups is 1. The third kappa shape index (κ3) is 3.11. The summed E-state index contributed by atoms with van der Waals surface area (Å²) in [6.07, 6.45) is 1.21. The third-order valence-electron chi connectivity index (χ3n) is 2.45. The molecule has 0 radical (unpaired) electrons. The molecule has 6 nitrogen and oxygen atoms in total. The van der Waals surface area contributed by atoms with Crippen molar-refractivity contribution in [3.05, 3.63) is 18.0 Å². The van der Waals surface area contributed by atoms with Crippen molar-refractivity contribution in [2.24, 2.45) is 5.92 Å². The molecule has 1 heterocycles. The Labute approximate surface area is 107 Å². The Hall–Kier alpha value is -1.34. The van der Waals surface area contributed by atoms with Crippen molar-refractivity contribution in [1.29, 1.82) is 0 Å². The van der Waals surface area contributed by atoms with E-state index in [-0.39, 0.29) is 16.5 Å². The molecule has 0 aromatic carbocycles. The number of sulfonamides is 1. The number of aromatic carboxylic acids is 1. The van der Waals surface area contributed by atoms with E-state index in [4.69, 9.17) is 5.11 Å². The summed E-state index contributed by atoms with van der Waals surface area (Å²) in [5.74, 6) is -0.971. The number of carboxylic acids is 1. The van der Waals surface area contributed by atoms with Gasteiger partial charge in [0.15, 0.2) is 0 Å². The zero-order chi connectivity index (χ0) is 13.9. The molecule has 1 aromatic heterocycles. The molecule has 0 aliphatic rings. The van der Waals surface area contributed by atoms with Crippen molar-refractivity contribution in [1.82, 2.24) is 9.29 Å². The van der Waals surface area contributed by atoms with Gasteiger partial charge in [-0.15, -0.1) is 0 Å². The molecule has 1 rings (SSSR count). The van der Waals surface area contributed by atoms with Crippen LogP contribution in [-0.2, 0) is 10.0 Å². The molecular formula is C11H18N2O4S. The number of aromatic nitrogens is 1. The molecule has 0 saturated carbocycles. The van der Waals surface area contributed by atoms with Crippen molar-refractivity contribution in [2.45, 2.75) is 25.7 Å². The van der Waals surface area contributed by atoms with E-state index in [1.165, 1.54) is 10.5 Å². The van der Waals surface area contributed by atoms with E-state index in [2.05, 4.69) is 4.98 Å². The summed E-state index contributed by atoms with van der Waals surface area (Å²) in [6.45, 7) is 6.38. The summed E-state index contributed by atoms with van der Waals surface area (Å²) < 4.78 is 25.8. The molecular weight excluding hydrogens is 256 g/mol. The molecule has 0 amide bonds. The first-order valence-electron chi connectivity index (χ1n) is 5.70. The van der Waals surface area contributed by atoms with E-state index in [1.807, 2.05) is 13.8 Å². The average Bonchev–Trinajstić information content (AvgIpc) is 2.75. The molecule has 0 atom stereocenters. The van der Waals surface area contributed by atoms with Gasteiger partial charge in [0.05, 0.1) is 0 Å². The van der Waals surface area contributed by atoms with Gasteiger partial charge in [0.2, 0.25) is 10.0 Å². The standard InChI is InChI=1S/C11H18N2O4S/c1-4-13(7-8(2)3)18(16,17)9-5-10(11(14)15)12-6-9/h5-6,8,12H,4,7H2,1-3H3,(H,14,15). The highest BCUT2D eigenvalue weighted by Crippen LogP contribution is 2.17. The molecule has 102 valence electrons. The van der Waals surface area contributed by atoms with Gasteiger partial charge in [0.1, 0.15) is 10.6 Å². The van der Waals surface area contributed by atoms with Gasteiger partial charge in [-0.2, -0.15) is 4.31 Å². The van der Waals surface area contributed by atoms with Crippen LogP contribution in [0.1, 0.15) is 31.3 Å². The van der Waals surface area contributed by atoms with Gasteiger partial charge in [-0.05, 0) is 12.0 Å². The largest absolute Gasteiger partial charge is 0.477 e. The van der Waals surface area contributed by atoms with E-state index in [0.29, 0.717) is 13.1 Å². The molecule has 0 saturated heterocycles. The number of carboxylic acid groups (broad SMARTS) is 1. The average molecular weight is 274 g/mol. The lowest BCUT2D eigenvalue weighted by molar-refractivity contribution is 0.0691. The van der Waals surface area contributed by atoms with Gasteiger partial charge >= 0.3 is 5.97 Å². The predicted octanol–water partition coefficient (Wildman–Crippen LogP) is 1.38. The fourth-order valence-electron chi connectivity index (χ4n) is 1.60. The van der Waals surface area contributed by atoms with Crippen LogP contribution >= 0.6 is 0 Å². The predicted molar refractivity (Wildman–Crippen MR) is 67.0 cm³/mol. The zero-order valence-corrected chi connectivity index (χ0v) is 11.5. The Morgan fingerprint density at radius 2 is 2.11 bits per heavy atom. The van der Waals surface area contributed by atoms with Crippen LogP contribution in [0, 0.1) is 5.92 Å². The highest BCUT2D eigenvalue weighted by molar-refractivity contribution is 7.89. The van der Waals surface area contributed by atoms with Crippen molar-refractivity contribution in [3.63, 3.8) is 0 Å². The number of H-pyrrole nitrogens is 1. The number of rotatable bonds is 6. The number of aromatic amines is 1. The molecule has 7 heteroatoms. The van der Waals surface area contributed by atoms with Crippen LogP contribution in [0.25, 0.3) is 0 Å². The first-order chi connectivity index (χ1) is 8.28. The Bertz CT molecular complexity index is 519. The second-order valence-electron chi connectivity index (χ2n) is 4.40. The minimum absolute atomic E-state index is 0.0117. The normalized spacial score (nSPS) is 12.3. The Morgan fingerprint density at radius 1 is 1.50 bits per heavy atom. The zero-order valence-electron chi connectivity index (χ0n) is 10.7. The first-order valence-corrected chi connectivity index (χ1v) is 7.15. The lowest BCUT2D eigenvalue weighted by Crippen LogP contribution is -2.33. The topological polar surface area (TPSA) is 90.5 Å². The SMILES string of the molecule is CCN(CC(C)C)S(=O)(=O)c1c[nH]c(C(=O)O)c1. The molecule has 0 aliphatic carbocycles. The van der Waals surface area contributed by atoms with Crippen LogP contribution < -0.4 is 0 Å². The lowest BCUT2D eigenvalue weighted by atomic mass is 10.2. The molecule has 2 N–H and O–H groups in total. The summed E-state index contributed by atoms with van der Waals surface area (Å²) in [4.78, 5) is 13.1. The lowest BCUT2D eigenvalue weighted by Gasteiger charge is -2.21. The Balaban J connectivity index is 3.06. The third-order valence-corrected chi connectivity index (χ3v) is 4.36. The van der Waals surface area contributed by atoms with E-state index in [0.717, 1.165) is 6.07 Å². The van der Waals surface area contributed by atoms with Crippen LogP contribution in [0.5, 0.6) is 0 Å². The number of nitrogens with one attached hydrogen (secondary N) is 1. The Morgan fingerprint density at radius 3 is 2.50 bits per heavy atom. The van der Waals surface area contributed by atoms with E-state index >= 15 is 0 Å². The van der Waals surface area contributed by atoms with Crippen molar-refractivity contribution in [3.8, 4) is 0 Å². The fourth-order valence-corrected chi connectivity index (χ4v) is 3.21. The molecule has 0 fully saturated rings. The minimum atomic E-state index is -3.62. The highest BCUT2D eigenvalue weighted by atomic mass is 32.2. The molecule has 0 aliphatic heterocycles. The van der Waals surface area contributed by atoms with Gasteiger partial charge in [-0.25, -0.2) is 13.2 Å². The molecule has 0 unspecified atom stereocenters. The highest BCUT2D eigenvalue weighted by Gasteiger charge is 2.25. The molecule has 0 spiro atoms. The smallest absolute Gasteiger partial charge is 0.352 e. The summed E-state index contributed by atoms with van der Waals surface area (Å²) >= 11 is 0. The second-order valence-corrected chi connectivity index (χ2v) is 6.34. The van der Waals surface area contributed by atoms with Crippen molar-refractivity contribution in [2.75, 3.05) is 13.1 Å². The summed E-state index contributed by atoms with van der Waals surface area (Å²) in [7, 11) is -3.62. The van der Waals surface area contributed by atoms with Crippen LogP contribution in [0.15, 0.2) is 17.2 Å². The van der Waals surface area contributed by atoms with Crippen LogP contribution in [0.4, 0.5) is 0 Å². The summed E-state index contributed by atoms with van der Waals surface area (Å²) in [6, 6.07) is 1.14. The quantitative estimate of drug-likeness (QED) is 0.820. The van der Waals surface area contributed by atoms with Gasteiger partial charge in [-0.1, -0.05) is 20.8 Å². The number of hydrogen-bond donors (Lipinski definition) is 2. The molecule has 1 aromatic rings. The molecule has 0 bridgehead atoms. The van der Waals surface area contributed by atoms with E-state index < -0.39 is 16.0 Å². The van der Waals surface area contributed by atoms with Crippen LogP contribution in [-0.4, -0.2) is 41.9 Å². The summed E-state index contributed by atoms with van der Waals surface area (Å²) in [5.41, 5.74) is -0.130. The van der Waals surface area contributed by atoms with Gasteiger partial charge in [0.25, 0.3) is 0 Å². The van der Waals surface area contributed by atoms with Gasteiger partial charge in [0, 0.05) is 19.3 Å². The van der Waals surface area contributed by atoms with Gasteiger partial charge in [-0.3, -0.25) is 0 Å². The van der Waals surface area contributed by atoms with E-state index in [9.17, 15) is 13.2 Å². The second kappa shape index (κ2) is 5.53. The maximum Gasteiger partial charge on any atom is 0.352 e. The number of nitrogens with zero attached hydrogens (tertiary/aromatic N) is 1. The molecule has 18 heavy (non-hydrogen) atoms. The minimum Gasteiger partial charge on any atom is -0.477 e. The van der Waals surface area contributed by atoms with Crippen LogP contribution in [0.3, 0.4) is 0 Å². The van der Waals surface area contributed by atoms with Crippen molar-refractivity contribution >= 4 is 16.0 Å². The maximum atomic E-state index is 12.2. The summed E-state index contributed by atoms with van der Waals surface area (Å²) in [5, 5.41) is 8.77. The van der Waals surface area contributed by atoms with Crippen LogP contribution in [0.2, 0.25) is 0 Å². The van der Waals surface area contributed by atoms with Gasteiger partial charge < -0.3 is 10.1 Å². The first kappa shape index (κ1) is 14.7.